The molecular formula is C19H22O6. The number of methoxy groups -OCH3 is 1. The number of ketones is 1. The lowest BCUT2D eigenvalue weighted by Gasteiger charge is -2.15. The van der Waals surface area contributed by atoms with Gasteiger partial charge in [-0.1, -0.05) is 18.2 Å². The van der Waals surface area contributed by atoms with Crippen molar-refractivity contribution in [1.82, 2.24) is 0 Å². The second kappa shape index (κ2) is 8.48. The highest BCUT2D eigenvalue weighted by atomic mass is 16.5. The van der Waals surface area contributed by atoms with Crippen molar-refractivity contribution in [3.8, 4) is 11.5 Å². The minimum absolute atomic E-state index is 0.0570. The molecule has 1 aliphatic heterocycles. The van der Waals surface area contributed by atoms with Gasteiger partial charge in [0.1, 0.15) is 29.3 Å². The third-order valence-corrected chi connectivity index (χ3v) is 3.85. The summed E-state index contributed by atoms with van der Waals surface area (Å²) in [7, 11) is 1.46. The lowest BCUT2D eigenvalue weighted by molar-refractivity contribution is -0.122. The van der Waals surface area contributed by atoms with Crippen LogP contribution in [0.25, 0.3) is 6.08 Å². The van der Waals surface area contributed by atoms with Crippen LogP contribution in [0, 0.1) is 0 Å². The number of aliphatic hydroxyl groups excluding tert-OH is 1. The molecule has 25 heavy (non-hydrogen) atoms. The second-order valence-electron chi connectivity index (χ2n) is 5.86. The van der Waals surface area contributed by atoms with Crippen molar-refractivity contribution in [1.29, 1.82) is 0 Å². The molecule has 0 saturated carbocycles. The Morgan fingerprint density at radius 3 is 2.68 bits per heavy atom. The Hall–Kier alpha value is -2.60. The number of carbonyl (C=O) groups is 2. The minimum atomic E-state index is -1.07. The van der Waals surface area contributed by atoms with E-state index in [4.69, 9.17) is 9.47 Å². The van der Waals surface area contributed by atoms with Gasteiger partial charge in [-0.25, -0.2) is 4.79 Å². The molecule has 0 fully saturated rings. The van der Waals surface area contributed by atoms with Gasteiger partial charge in [-0.15, -0.1) is 0 Å². The molecule has 0 unspecified atom stereocenters. The fourth-order valence-electron chi connectivity index (χ4n) is 2.48. The number of esters is 1. The molecule has 0 amide bonds. The number of allylic oxidation sites excluding steroid dienone is 1. The zero-order valence-electron chi connectivity index (χ0n) is 14.3. The number of phenols is 1. The molecule has 2 atom stereocenters. The molecule has 1 aliphatic rings. The normalized spacial score (nSPS) is 24.6. The van der Waals surface area contributed by atoms with Gasteiger partial charge in [-0.2, -0.15) is 0 Å². The van der Waals surface area contributed by atoms with Gasteiger partial charge in [0.15, 0.2) is 5.78 Å². The van der Waals surface area contributed by atoms with Crippen molar-refractivity contribution in [2.24, 2.45) is 0 Å². The molecule has 6 heteroatoms. The lowest BCUT2D eigenvalue weighted by Crippen LogP contribution is -2.18. The summed E-state index contributed by atoms with van der Waals surface area (Å²) in [6.07, 6.45) is 5.71. The molecule has 0 bridgehead atoms. The Labute approximate surface area is 146 Å². The Morgan fingerprint density at radius 2 is 1.96 bits per heavy atom. The van der Waals surface area contributed by atoms with Crippen molar-refractivity contribution in [2.75, 3.05) is 7.11 Å². The Bertz CT molecular complexity index is 704. The van der Waals surface area contributed by atoms with E-state index in [1.165, 1.54) is 19.3 Å². The largest absolute Gasteiger partial charge is 0.507 e. The third kappa shape index (κ3) is 4.93. The van der Waals surface area contributed by atoms with E-state index in [1.807, 2.05) is 0 Å². The first-order valence-electron chi connectivity index (χ1n) is 8.09. The molecule has 0 saturated heterocycles. The monoisotopic (exact) mass is 346 g/mol. The van der Waals surface area contributed by atoms with Crippen LogP contribution >= 0.6 is 0 Å². The summed E-state index contributed by atoms with van der Waals surface area (Å²) in [5, 5.41) is 20.0. The van der Waals surface area contributed by atoms with Crippen LogP contribution in [0.15, 0.2) is 30.4 Å². The smallest absolute Gasteiger partial charge is 0.342 e. The Kier molecular flexibility index (Phi) is 6.36. The van der Waals surface area contributed by atoms with Crippen molar-refractivity contribution in [3.05, 3.63) is 41.5 Å². The molecule has 0 radical (unpaired) electrons. The first kappa shape index (κ1) is 18.7. The second-order valence-corrected chi connectivity index (χ2v) is 5.86. The lowest BCUT2D eigenvalue weighted by atomic mass is 10.0. The molecule has 6 nitrogen and oxygen atoms in total. The van der Waals surface area contributed by atoms with Gasteiger partial charge in [0.25, 0.3) is 0 Å². The van der Waals surface area contributed by atoms with E-state index in [1.54, 1.807) is 31.2 Å². The number of ether oxygens (including phenoxy) is 2. The number of cyclic esters (lactones) is 1. The van der Waals surface area contributed by atoms with E-state index in [9.17, 15) is 19.8 Å². The van der Waals surface area contributed by atoms with Gasteiger partial charge in [0.2, 0.25) is 0 Å². The van der Waals surface area contributed by atoms with E-state index in [0.29, 0.717) is 24.2 Å². The maximum absolute atomic E-state index is 12.4. The maximum Gasteiger partial charge on any atom is 0.342 e. The van der Waals surface area contributed by atoms with Gasteiger partial charge in [0, 0.05) is 12.5 Å². The number of benzene rings is 1. The van der Waals surface area contributed by atoms with Gasteiger partial charge in [-0.3, -0.25) is 4.79 Å². The van der Waals surface area contributed by atoms with Crippen molar-refractivity contribution in [2.45, 2.75) is 38.4 Å². The van der Waals surface area contributed by atoms with Gasteiger partial charge >= 0.3 is 5.97 Å². The molecule has 1 heterocycles. The summed E-state index contributed by atoms with van der Waals surface area (Å²) >= 11 is 0. The molecule has 2 rings (SSSR count). The van der Waals surface area contributed by atoms with E-state index in [-0.39, 0.29) is 23.5 Å². The van der Waals surface area contributed by atoms with Crippen molar-refractivity contribution in [3.63, 3.8) is 0 Å². The molecular weight excluding hydrogens is 324 g/mol. The number of hydrogen-bond donors (Lipinski definition) is 2. The number of fused-ring (bicyclic) bond motifs is 1. The van der Waals surface area contributed by atoms with Crippen LogP contribution in [-0.4, -0.2) is 41.3 Å². The third-order valence-electron chi connectivity index (χ3n) is 3.85. The number of aromatic hydroxyl groups is 1. The van der Waals surface area contributed by atoms with Gasteiger partial charge in [0.05, 0.1) is 7.11 Å². The summed E-state index contributed by atoms with van der Waals surface area (Å²) in [6, 6.07) is 2.97. The highest BCUT2D eigenvalue weighted by molar-refractivity contribution is 5.97. The minimum Gasteiger partial charge on any atom is -0.507 e. The highest BCUT2D eigenvalue weighted by Crippen LogP contribution is 2.30. The van der Waals surface area contributed by atoms with Gasteiger partial charge in [-0.05, 0) is 37.5 Å². The standard InChI is InChI=1S/C19H22O6/c1-12-6-5-9-16(21)15(20)8-4-3-7-13-10-14(24-2)11-17(22)18(13)19(23)25-12/h3,5,7,9-12,15,20,22H,4,6,8H2,1-2H3/b7-3+,9-5-/t12-,15-/m0/s1. The Balaban J connectivity index is 2.40. The van der Waals surface area contributed by atoms with Crippen LogP contribution in [0.1, 0.15) is 42.1 Å². The summed E-state index contributed by atoms with van der Waals surface area (Å²) in [5.41, 5.74) is 0.504. The number of aliphatic hydroxyl groups is 1. The summed E-state index contributed by atoms with van der Waals surface area (Å²) < 4.78 is 10.5. The van der Waals surface area contributed by atoms with Crippen molar-refractivity contribution >= 4 is 17.8 Å². The average molecular weight is 346 g/mol. The predicted molar refractivity (Wildman–Crippen MR) is 92.6 cm³/mol. The van der Waals surface area contributed by atoms with E-state index in [0.717, 1.165) is 0 Å². The predicted octanol–water partition coefficient (Wildman–Crippen LogP) is 2.63. The quantitative estimate of drug-likeness (QED) is 0.759. The molecule has 1 aromatic rings. The first-order valence-corrected chi connectivity index (χ1v) is 8.09. The highest BCUT2D eigenvalue weighted by Gasteiger charge is 2.21. The van der Waals surface area contributed by atoms with Crippen LogP contribution in [-0.2, 0) is 9.53 Å². The summed E-state index contributed by atoms with van der Waals surface area (Å²) in [4.78, 5) is 24.2. The molecule has 0 aromatic heterocycles. The summed E-state index contributed by atoms with van der Waals surface area (Å²) in [6.45, 7) is 1.69. The van der Waals surface area contributed by atoms with Crippen LogP contribution in [0.5, 0.6) is 11.5 Å². The van der Waals surface area contributed by atoms with Crippen molar-refractivity contribution < 1.29 is 29.3 Å². The van der Waals surface area contributed by atoms with E-state index in [2.05, 4.69) is 0 Å². The zero-order chi connectivity index (χ0) is 18.4. The fraction of sp³-hybridized carbons (Fsp3) is 0.368. The topological polar surface area (TPSA) is 93.1 Å². The van der Waals surface area contributed by atoms with E-state index < -0.39 is 18.2 Å². The van der Waals surface area contributed by atoms with Gasteiger partial charge < -0.3 is 19.7 Å². The summed E-state index contributed by atoms with van der Waals surface area (Å²) in [5.74, 6) is -0.845. The van der Waals surface area contributed by atoms with Crippen LogP contribution in [0.3, 0.4) is 0 Å². The molecule has 1 aromatic carbocycles. The van der Waals surface area contributed by atoms with Crippen LogP contribution in [0.2, 0.25) is 0 Å². The van der Waals surface area contributed by atoms with E-state index >= 15 is 0 Å². The number of phenolic OH excluding ortho intramolecular Hbond substituents is 1. The maximum atomic E-state index is 12.4. The Morgan fingerprint density at radius 1 is 1.20 bits per heavy atom. The molecule has 0 aliphatic carbocycles. The number of hydrogen-bond acceptors (Lipinski definition) is 6. The number of carbonyl (C=O) groups excluding carboxylic acids is 2. The molecule has 0 spiro atoms. The SMILES string of the molecule is COc1cc(O)c2c(c1)/C=C/CC[C@H](O)C(=O)/C=C\C[C@H](C)OC2=O. The molecule has 2 N–H and O–H groups in total. The zero-order valence-corrected chi connectivity index (χ0v) is 14.3. The first-order chi connectivity index (χ1) is 11.9. The molecule has 134 valence electrons. The van der Waals surface area contributed by atoms with Crippen LogP contribution in [0.4, 0.5) is 0 Å². The fourth-order valence-corrected chi connectivity index (χ4v) is 2.48. The number of rotatable bonds is 1. The average Bonchev–Trinajstić information content (AvgIpc) is 2.56. The van der Waals surface area contributed by atoms with Crippen LogP contribution < -0.4 is 4.74 Å².